The van der Waals surface area contributed by atoms with Crippen molar-refractivity contribution in [3.63, 3.8) is 0 Å². The first-order valence-corrected chi connectivity index (χ1v) is 9.33. The topological polar surface area (TPSA) is 74.6 Å². The summed E-state index contributed by atoms with van der Waals surface area (Å²) in [6, 6.07) is 13.6. The van der Waals surface area contributed by atoms with Crippen LogP contribution in [0, 0.1) is 6.92 Å². The highest BCUT2D eigenvalue weighted by Crippen LogP contribution is 2.34. The Morgan fingerprint density at radius 1 is 1.03 bits per heavy atom. The third-order valence-corrected chi connectivity index (χ3v) is 4.44. The zero-order chi connectivity index (χ0) is 20.8. The van der Waals surface area contributed by atoms with Crippen molar-refractivity contribution in [1.82, 2.24) is 9.55 Å². The Labute approximate surface area is 169 Å². The minimum absolute atomic E-state index is 0.220. The molecule has 0 saturated heterocycles. The zero-order valence-electron chi connectivity index (χ0n) is 17.1. The third kappa shape index (κ3) is 4.68. The SMILES string of the molecule is CCOc1cn(Cc2ccccc2)c(Nc2cc(OC)c(OC)cc2C)nc1=O. The van der Waals surface area contributed by atoms with Gasteiger partial charge < -0.3 is 24.1 Å². The van der Waals surface area contributed by atoms with Gasteiger partial charge in [-0.15, -0.1) is 0 Å². The van der Waals surface area contributed by atoms with E-state index in [0.717, 1.165) is 16.8 Å². The van der Waals surface area contributed by atoms with Crippen LogP contribution in [0.4, 0.5) is 11.6 Å². The number of ether oxygens (including phenoxy) is 3. The van der Waals surface area contributed by atoms with Gasteiger partial charge in [0.15, 0.2) is 11.5 Å². The smallest absolute Gasteiger partial charge is 0.316 e. The Morgan fingerprint density at radius 2 is 1.72 bits per heavy atom. The van der Waals surface area contributed by atoms with Gasteiger partial charge >= 0.3 is 5.56 Å². The number of hydrogen-bond acceptors (Lipinski definition) is 6. The van der Waals surface area contributed by atoms with Crippen molar-refractivity contribution < 1.29 is 14.2 Å². The zero-order valence-corrected chi connectivity index (χ0v) is 17.1. The van der Waals surface area contributed by atoms with Crippen LogP contribution in [-0.2, 0) is 6.54 Å². The summed E-state index contributed by atoms with van der Waals surface area (Å²) in [6.07, 6.45) is 1.68. The van der Waals surface area contributed by atoms with Crippen molar-refractivity contribution in [2.45, 2.75) is 20.4 Å². The van der Waals surface area contributed by atoms with Crippen LogP contribution < -0.4 is 25.1 Å². The van der Waals surface area contributed by atoms with Gasteiger partial charge in [0.25, 0.3) is 0 Å². The molecule has 0 spiro atoms. The number of methoxy groups -OCH3 is 2. The maximum Gasteiger partial charge on any atom is 0.316 e. The highest BCUT2D eigenvalue weighted by molar-refractivity contribution is 5.64. The van der Waals surface area contributed by atoms with Gasteiger partial charge in [0.05, 0.1) is 33.6 Å². The molecule has 0 saturated carbocycles. The molecule has 0 radical (unpaired) electrons. The van der Waals surface area contributed by atoms with E-state index in [2.05, 4.69) is 10.3 Å². The van der Waals surface area contributed by atoms with Crippen molar-refractivity contribution >= 4 is 11.6 Å². The normalized spacial score (nSPS) is 10.5. The van der Waals surface area contributed by atoms with Crippen LogP contribution in [-0.4, -0.2) is 30.4 Å². The fourth-order valence-corrected chi connectivity index (χ4v) is 2.96. The van der Waals surface area contributed by atoms with E-state index in [1.54, 1.807) is 20.4 Å². The first-order valence-electron chi connectivity index (χ1n) is 9.33. The molecule has 0 fully saturated rings. The molecule has 0 aliphatic rings. The molecule has 3 aromatic rings. The Balaban J connectivity index is 2.04. The molecule has 29 heavy (non-hydrogen) atoms. The molecule has 7 heteroatoms. The molecule has 152 valence electrons. The van der Waals surface area contributed by atoms with Gasteiger partial charge in [-0.3, -0.25) is 4.79 Å². The molecule has 0 unspecified atom stereocenters. The van der Waals surface area contributed by atoms with Crippen LogP contribution in [0.5, 0.6) is 17.2 Å². The van der Waals surface area contributed by atoms with Gasteiger partial charge in [-0.25, -0.2) is 0 Å². The second kappa shape index (κ2) is 9.14. The average molecular weight is 395 g/mol. The van der Waals surface area contributed by atoms with E-state index in [4.69, 9.17) is 14.2 Å². The number of rotatable bonds is 8. The van der Waals surface area contributed by atoms with Crippen LogP contribution in [0.3, 0.4) is 0 Å². The van der Waals surface area contributed by atoms with E-state index in [1.807, 2.05) is 60.9 Å². The number of benzene rings is 2. The Kier molecular flexibility index (Phi) is 6.39. The van der Waals surface area contributed by atoms with E-state index >= 15 is 0 Å². The second-order valence-electron chi connectivity index (χ2n) is 6.43. The second-order valence-corrected chi connectivity index (χ2v) is 6.43. The van der Waals surface area contributed by atoms with Crippen LogP contribution >= 0.6 is 0 Å². The molecule has 2 aromatic carbocycles. The maximum absolute atomic E-state index is 12.4. The highest BCUT2D eigenvalue weighted by atomic mass is 16.5. The molecule has 0 bridgehead atoms. The molecule has 1 heterocycles. The molecule has 7 nitrogen and oxygen atoms in total. The lowest BCUT2D eigenvalue weighted by molar-refractivity contribution is 0.331. The highest BCUT2D eigenvalue weighted by Gasteiger charge is 2.14. The fraction of sp³-hybridized carbons (Fsp3) is 0.273. The lowest BCUT2D eigenvalue weighted by Crippen LogP contribution is -2.19. The molecule has 0 aliphatic carbocycles. The van der Waals surface area contributed by atoms with E-state index < -0.39 is 5.56 Å². The summed E-state index contributed by atoms with van der Waals surface area (Å²) in [7, 11) is 3.17. The number of hydrogen-bond donors (Lipinski definition) is 1. The Morgan fingerprint density at radius 3 is 2.38 bits per heavy atom. The van der Waals surface area contributed by atoms with Crippen molar-refractivity contribution in [2.75, 3.05) is 26.1 Å². The van der Waals surface area contributed by atoms with Gasteiger partial charge in [-0.1, -0.05) is 30.3 Å². The van der Waals surface area contributed by atoms with E-state index in [1.165, 1.54) is 0 Å². The van der Waals surface area contributed by atoms with Crippen LogP contribution in [0.2, 0.25) is 0 Å². The monoisotopic (exact) mass is 395 g/mol. The molecule has 0 atom stereocenters. The first-order chi connectivity index (χ1) is 14.0. The predicted molar refractivity (Wildman–Crippen MR) is 113 cm³/mol. The molecule has 1 aromatic heterocycles. The average Bonchev–Trinajstić information content (AvgIpc) is 2.73. The fourth-order valence-electron chi connectivity index (χ4n) is 2.96. The lowest BCUT2D eigenvalue weighted by Gasteiger charge is -2.18. The van der Waals surface area contributed by atoms with Crippen LogP contribution in [0.25, 0.3) is 0 Å². The number of aryl methyl sites for hydroxylation is 1. The number of anilines is 2. The van der Waals surface area contributed by atoms with Crippen LogP contribution in [0.15, 0.2) is 53.5 Å². The maximum atomic E-state index is 12.4. The standard InChI is InChI=1S/C22H25N3O4/c1-5-29-20-14-25(13-16-9-7-6-8-10-16)22(24-21(20)26)23-17-12-19(28-4)18(27-3)11-15(17)2/h6-12,14H,5,13H2,1-4H3,(H,23,24,26). The summed E-state index contributed by atoms with van der Waals surface area (Å²) in [5, 5.41) is 3.26. The number of nitrogens with one attached hydrogen (secondary N) is 1. The van der Waals surface area contributed by atoms with Crippen LogP contribution in [0.1, 0.15) is 18.1 Å². The lowest BCUT2D eigenvalue weighted by atomic mass is 10.1. The molecule has 0 amide bonds. The summed E-state index contributed by atoms with van der Waals surface area (Å²) < 4.78 is 18.1. The van der Waals surface area contributed by atoms with Crippen molar-refractivity contribution in [3.8, 4) is 17.2 Å². The molecule has 0 aliphatic heterocycles. The van der Waals surface area contributed by atoms with E-state index in [9.17, 15) is 4.79 Å². The molecule has 3 rings (SSSR count). The molecular weight excluding hydrogens is 370 g/mol. The van der Waals surface area contributed by atoms with Crippen molar-refractivity contribution in [3.05, 3.63) is 70.1 Å². The number of aromatic nitrogens is 2. The Bertz CT molecular complexity index is 1030. The third-order valence-electron chi connectivity index (χ3n) is 4.44. The number of nitrogens with zero attached hydrogens (tertiary/aromatic N) is 2. The van der Waals surface area contributed by atoms with Gasteiger partial charge in [0.2, 0.25) is 11.7 Å². The summed E-state index contributed by atoms with van der Waals surface area (Å²) in [5.74, 6) is 1.86. The minimum Gasteiger partial charge on any atom is -0.493 e. The van der Waals surface area contributed by atoms with Gasteiger partial charge in [0.1, 0.15) is 0 Å². The first kappa shape index (κ1) is 20.3. The Hall–Kier alpha value is -3.48. The van der Waals surface area contributed by atoms with E-state index in [0.29, 0.717) is 30.6 Å². The summed E-state index contributed by atoms with van der Waals surface area (Å²) in [5.41, 5.74) is 2.35. The molecule has 1 N–H and O–H groups in total. The predicted octanol–water partition coefficient (Wildman–Crippen LogP) is 3.76. The largest absolute Gasteiger partial charge is 0.493 e. The van der Waals surface area contributed by atoms with Crippen molar-refractivity contribution in [1.29, 1.82) is 0 Å². The van der Waals surface area contributed by atoms with Gasteiger partial charge in [-0.05, 0) is 31.0 Å². The van der Waals surface area contributed by atoms with Crippen molar-refractivity contribution in [2.24, 2.45) is 0 Å². The van der Waals surface area contributed by atoms with Gasteiger partial charge in [0, 0.05) is 11.8 Å². The van der Waals surface area contributed by atoms with E-state index in [-0.39, 0.29) is 5.75 Å². The summed E-state index contributed by atoms with van der Waals surface area (Å²) >= 11 is 0. The quantitative estimate of drug-likeness (QED) is 0.626. The summed E-state index contributed by atoms with van der Waals surface area (Å²) in [6.45, 7) is 4.70. The molecular formula is C22H25N3O4. The summed E-state index contributed by atoms with van der Waals surface area (Å²) in [4.78, 5) is 16.6. The minimum atomic E-state index is -0.420. The van der Waals surface area contributed by atoms with Gasteiger partial charge in [-0.2, -0.15) is 4.98 Å².